The molecule has 0 saturated heterocycles. The third-order valence-electron chi connectivity index (χ3n) is 2.21. The van der Waals surface area contributed by atoms with Gasteiger partial charge in [0, 0.05) is 12.5 Å². The number of carbonyl (C=O) groups is 2. The lowest BCUT2D eigenvalue weighted by molar-refractivity contribution is -0.144. The highest BCUT2D eigenvalue weighted by Gasteiger charge is 2.10. The molecule has 0 atom stereocenters. The van der Waals surface area contributed by atoms with E-state index in [2.05, 4.69) is 11.3 Å². The highest BCUT2D eigenvalue weighted by molar-refractivity contribution is 5.81. The van der Waals surface area contributed by atoms with Crippen LogP contribution < -0.4 is 0 Å². The molecular formula is C12H16O4. The van der Waals surface area contributed by atoms with Gasteiger partial charge in [-0.3, -0.25) is 4.79 Å². The van der Waals surface area contributed by atoms with E-state index in [0.29, 0.717) is 0 Å². The lowest BCUT2D eigenvalue weighted by Crippen LogP contribution is -2.11. The number of rotatable bonds is 5. The second kappa shape index (κ2) is 6.82. The molecule has 0 radical (unpaired) electrons. The Bertz CT molecular complexity index is 304. The van der Waals surface area contributed by atoms with Gasteiger partial charge in [-0.25, -0.2) is 4.79 Å². The van der Waals surface area contributed by atoms with Gasteiger partial charge in [0.25, 0.3) is 0 Å². The van der Waals surface area contributed by atoms with E-state index in [-0.39, 0.29) is 19.0 Å². The monoisotopic (exact) mass is 224 g/mol. The highest BCUT2D eigenvalue weighted by atomic mass is 16.5. The van der Waals surface area contributed by atoms with E-state index in [1.165, 1.54) is 0 Å². The maximum atomic E-state index is 11.3. The zero-order chi connectivity index (χ0) is 11.8. The van der Waals surface area contributed by atoms with Gasteiger partial charge in [0.2, 0.25) is 0 Å². The molecule has 4 heteroatoms. The zero-order valence-corrected chi connectivity index (χ0v) is 9.24. The minimum atomic E-state index is -0.523. The third-order valence-corrected chi connectivity index (χ3v) is 2.21. The molecule has 0 N–H and O–H groups in total. The van der Waals surface area contributed by atoms with Crippen LogP contribution in [-0.4, -0.2) is 18.5 Å². The number of carbonyl (C=O) groups excluding carboxylic acids is 2. The van der Waals surface area contributed by atoms with Gasteiger partial charge in [0.15, 0.2) is 0 Å². The normalized spacial score (nSPS) is 14.9. The van der Waals surface area contributed by atoms with Crippen molar-refractivity contribution in [2.45, 2.75) is 32.1 Å². The second-order valence-electron chi connectivity index (χ2n) is 3.51. The van der Waals surface area contributed by atoms with E-state index < -0.39 is 5.97 Å². The van der Waals surface area contributed by atoms with Gasteiger partial charge in [-0.15, -0.1) is 0 Å². The van der Waals surface area contributed by atoms with Crippen molar-refractivity contribution in [3.63, 3.8) is 0 Å². The topological polar surface area (TPSA) is 52.6 Å². The van der Waals surface area contributed by atoms with Crippen LogP contribution in [0.2, 0.25) is 0 Å². The molecular weight excluding hydrogens is 208 g/mol. The molecule has 1 rings (SSSR count). The summed E-state index contributed by atoms with van der Waals surface area (Å²) in [5.74, 6) is -0.138. The molecule has 0 saturated carbocycles. The van der Waals surface area contributed by atoms with Crippen molar-refractivity contribution in [2.75, 3.05) is 6.61 Å². The predicted octanol–water partition coefficient (Wildman–Crippen LogP) is 2.11. The first-order valence-electron chi connectivity index (χ1n) is 5.41. The Kier molecular flexibility index (Phi) is 5.32. The van der Waals surface area contributed by atoms with Crippen molar-refractivity contribution < 1.29 is 19.1 Å². The Labute approximate surface area is 94.9 Å². The fourth-order valence-electron chi connectivity index (χ4n) is 1.39. The molecule has 0 aromatic rings. The number of esters is 2. The first-order chi connectivity index (χ1) is 7.72. The Morgan fingerprint density at radius 1 is 1.44 bits per heavy atom. The molecule has 16 heavy (non-hydrogen) atoms. The van der Waals surface area contributed by atoms with Crippen molar-refractivity contribution in [3.8, 4) is 0 Å². The molecule has 0 aromatic heterocycles. The van der Waals surface area contributed by atoms with Crippen LogP contribution in [0, 0.1) is 0 Å². The Morgan fingerprint density at radius 2 is 2.25 bits per heavy atom. The van der Waals surface area contributed by atoms with Gasteiger partial charge in [-0.05, 0) is 25.3 Å². The first-order valence-corrected chi connectivity index (χ1v) is 5.41. The van der Waals surface area contributed by atoms with E-state index in [4.69, 9.17) is 4.74 Å². The first kappa shape index (κ1) is 12.5. The van der Waals surface area contributed by atoms with Gasteiger partial charge in [0.05, 0.1) is 6.42 Å². The Balaban J connectivity index is 2.17. The van der Waals surface area contributed by atoms with Crippen molar-refractivity contribution in [3.05, 3.63) is 24.5 Å². The van der Waals surface area contributed by atoms with Crippen LogP contribution in [0.5, 0.6) is 0 Å². The Hall–Kier alpha value is -1.58. The molecule has 0 fully saturated rings. The second-order valence-corrected chi connectivity index (χ2v) is 3.51. The van der Waals surface area contributed by atoms with E-state index in [9.17, 15) is 9.59 Å². The van der Waals surface area contributed by atoms with Crippen LogP contribution in [0.1, 0.15) is 32.1 Å². The summed E-state index contributed by atoms with van der Waals surface area (Å²) >= 11 is 0. The van der Waals surface area contributed by atoms with Crippen LogP contribution in [0.25, 0.3) is 0 Å². The SMILES string of the molecule is C=CC(=O)OCCC(=O)OC1=CCCCC1. The summed E-state index contributed by atoms with van der Waals surface area (Å²) in [6.07, 6.45) is 7.08. The fraction of sp³-hybridized carbons (Fsp3) is 0.500. The third kappa shape index (κ3) is 4.77. The molecule has 0 spiro atoms. The standard InChI is InChI=1S/C12H16O4/c1-2-11(13)15-9-8-12(14)16-10-6-4-3-5-7-10/h2,6H,1,3-5,7-9H2. The number of ether oxygens (including phenoxy) is 2. The predicted molar refractivity (Wildman–Crippen MR) is 58.4 cm³/mol. The van der Waals surface area contributed by atoms with Gasteiger partial charge in [-0.1, -0.05) is 6.58 Å². The van der Waals surface area contributed by atoms with Crippen LogP contribution in [0.3, 0.4) is 0 Å². The summed E-state index contributed by atoms with van der Waals surface area (Å²) < 4.78 is 9.79. The molecule has 0 aliphatic heterocycles. The molecule has 0 bridgehead atoms. The summed E-state index contributed by atoms with van der Waals surface area (Å²) in [6.45, 7) is 3.29. The molecule has 1 aliphatic rings. The van der Waals surface area contributed by atoms with Gasteiger partial charge < -0.3 is 9.47 Å². The highest BCUT2D eigenvalue weighted by Crippen LogP contribution is 2.18. The zero-order valence-electron chi connectivity index (χ0n) is 9.24. The van der Waals surface area contributed by atoms with Crippen molar-refractivity contribution in [1.82, 2.24) is 0 Å². The van der Waals surface area contributed by atoms with Crippen molar-refractivity contribution in [1.29, 1.82) is 0 Å². The maximum Gasteiger partial charge on any atom is 0.330 e. The lowest BCUT2D eigenvalue weighted by atomic mass is 10.1. The minimum absolute atomic E-state index is 0.0387. The molecule has 1 aliphatic carbocycles. The molecule has 0 unspecified atom stereocenters. The van der Waals surface area contributed by atoms with Gasteiger partial charge in [-0.2, -0.15) is 0 Å². The average Bonchev–Trinajstić information content (AvgIpc) is 2.30. The summed E-state index contributed by atoms with van der Waals surface area (Å²) in [5.41, 5.74) is 0. The van der Waals surface area contributed by atoms with Crippen LogP contribution in [0.15, 0.2) is 24.5 Å². The van der Waals surface area contributed by atoms with Gasteiger partial charge >= 0.3 is 11.9 Å². The molecule has 0 aromatic carbocycles. The number of allylic oxidation sites excluding steroid dienone is 2. The summed E-state index contributed by atoms with van der Waals surface area (Å²) in [4.78, 5) is 22.0. The average molecular weight is 224 g/mol. The summed E-state index contributed by atoms with van der Waals surface area (Å²) in [5, 5.41) is 0. The maximum absolute atomic E-state index is 11.3. The van der Waals surface area contributed by atoms with Crippen LogP contribution in [-0.2, 0) is 19.1 Å². The quantitative estimate of drug-likeness (QED) is 0.530. The van der Waals surface area contributed by atoms with E-state index in [1.54, 1.807) is 0 Å². The number of hydrogen-bond acceptors (Lipinski definition) is 4. The summed E-state index contributed by atoms with van der Waals surface area (Å²) in [7, 11) is 0. The van der Waals surface area contributed by atoms with Crippen LogP contribution in [0.4, 0.5) is 0 Å². The van der Waals surface area contributed by atoms with E-state index >= 15 is 0 Å². The Morgan fingerprint density at radius 3 is 2.88 bits per heavy atom. The minimum Gasteiger partial charge on any atom is -0.462 e. The van der Waals surface area contributed by atoms with Gasteiger partial charge in [0.1, 0.15) is 12.4 Å². The lowest BCUT2D eigenvalue weighted by Gasteiger charge is -2.12. The molecule has 0 amide bonds. The van der Waals surface area contributed by atoms with E-state index in [1.807, 2.05) is 6.08 Å². The van der Waals surface area contributed by atoms with Crippen molar-refractivity contribution >= 4 is 11.9 Å². The van der Waals surface area contributed by atoms with Crippen LogP contribution >= 0.6 is 0 Å². The van der Waals surface area contributed by atoms with E-state index in [0.717, 1.165) is 37.5 Å². The smallest absolute Gasteiger partial charge is 0.330 e. The summed E-state index contributed by atoms with van der Waals surface area (Å²) in [6, 6.07) is 0. The molecule has 88 valence electrons. The molecule has 4 nitrogen and oxygen atoms in total. The van der Waals surface area contributed by atoms with Crippen molar-refractivity contribution in [2.24, 2.45) is 0 Å². The largest absolute Gasteiger partial charge is 0.462 e. The fourth-order valence-corrected chi connectivity index (χ4v) is 1.39. The number of hydrogen-bond donors (Lipinski definition) is 0. The molecule has 0 heterocycles.